The highest BCUT2D eigenvalue weighted by atomic mass is 16.7. The molecule has 0 radical (unpaired) electrons. The van der Waals surface area contributed by atoms with Crippen molar-refractivity contribution in [3.8, 4) is 97.4 Å². The SMILES string of the molecule is O=C(OC[C@@H]1O[C@H](OC(=O)c2cc(O)c(O)c(O)c2)[C@H]2OC(=O)c3cc(O)c(O)c(O)c3-c3c(cc(O)c(O)c3O)C(=O)O[C@@H]2[C@@H]1OC(=O)c1cc(O)c(O)c(O)c1)c1cc(O)c(O)c(O)c1. The number of aromatic hydroxyl groups is 15. The highest BCUT2D eigenvalue weighted by Crippen LogP contribution is 2.53. The average Bonchev–Trinajstić information content (AvgIpc) is 3.27. The van der Waals surface area contributed by atoms with Crippen molar-refractivity contribution in [2.24, 2.45) is 0 Å². The van der Waals surface area contributed by atoms with Crippen LogP contribution in [-0.2, 0) is 28.4 Å². The number of carbonyl (C=O) groups is 5. The van der Waals surface area contributed by atoms with Gasteiger partial charge in [0.05, 0.1) is 27.8 Å². The van der Waals surface area contributed by atoms with Gasteiger partial charge < -0.3 is 105 Å². The number of phenolic OH excluding ortho intramolecular Hbond substituents is 15. The summed E-state index contributed by atoms with van der Waals surface area (Å²) in [4.78, 5) is 69.5. The Hall–Kier alpha value is -9.59. The van der Waals surface area contributed by atoms with E-state index in [9.17, 15) is 101 Å². The van der Waals surface area contributed by atoms with Crippen LogP contribution in [0.25, 0.3) is 11.1 Å². The van der Waals surface area contributed by atoms with E-state index in [1.54, 1.807) is 0 Å². The molecule has 2 aliphatic heterocycles. The molecule has 0 amide bonds. The summed E-state index contributed by atoms with van der Waals surface area (Å²) in [6.45, 7) is -1.25. The van der Waals surface area contributed by atoms with E-state index in [1.165, 1.54) is 0 Å². The number of ether oxygens (including phenoxy) is 6. The standard InChI is InChI=1S/C41H30O26/c42-15-1-10(2-16(43)26(15)50)36(57)62-9-23-33(64-37(58)11-3-17(44)27(51)18(45)4-11)34-35(41(63-23)67-38(59)12-5-19(46)28(52)20(47)6-12)66-40(61)14-8-22(49)30(54)32(56)25(14)24-13(39(60)65-34)7-21(48)29(53)31(24)55/h1-8,23,33-35,41-56H,9H2/t23-,33+,34+,35-,41+/m0/s1. The van der Waals surface area contributed by atoms with Crippen LogP contribution in [0, 0.1) is 0 Å². The van der Waals surface area contributed by atoms with Gasteiger partial charge >= 0.3 is 29.8 Å². The van der Waals surface area contributed by atoms with Gasteiger partial charge in [-0.15, -0.1) is 0 Å². The first-order chi connectivity index (χ1) is 31.5. The molecule has 1 fully saturated rings. The molecule has 1 saturated heterocycles. The van der Waals surface area contributed by atoms with E-state index in [0.29, 0.717) is 48.5 Å². The fraction of sp³-hybridized carbons (Fsp3) is 0.146. The normalized spacial score (nSPS) is 18.8. The molecule has 0 aromatic heterocycles. The summed E-state index contributed by atoms with van der Waals surface area (Å²) in [6, 6.07) is 4.31. The predicted molar refractivity (Wildman–Crippen MR) is 208 cm³/mol. The zero-order valence-corrected chi connectivity index (χ0v) is 32.9. The lowest BCUT2D eigenvalue weighted by atomic mass is 9.91. The Morgan fingerprint density at radius 3 is 1.18 bits per heavy atom. The smallest absolute Gasteiger partial charge is 0.340 e. The third-order valence-electron chi connectivity index (χ3n) is 10.0. The fourth-order valence-electron chi connectivity index (χ4n) is 6.77. The number of benzene rings is 5. The van der Waals surface area contributed by atoms with Crippen molar-refractivity contribution in [2.75, 3.05) is 6.61 Å². The van der Waals surface area contributed by atoms with Crippen molar-refractivity contribution in [3.63, 3.8) is 0 Å². The predicted octanol–water partition coefficient (Wildman–Crippen LogP) is 1.67. The van der Waals surface area contributed by atoms with Gasteiger partial charge in [0.1, 0.15) is 12.7 Å². The number of phenols is 15. The van der Waals surface area contributed by atoms with Gasteiger partial charge in [0.2, 0.25) is 23.9 Å². The molecule has 5 atom stereocenters. The van der Waals surface area contributed by atoms with Gasteiger partial charge in [-0.2, -0.15) is 0 Å². The molecular formula is C41H30O26. The van der Waals surface area contributed by atoms with Gasteiger partial charge in [-0.3, -0.25) is 0 Å². The van der Waals surface area contributed by atoms with Crippen LogP contribution in [0.15, 0.2) is 48.5 Å². The first-order valence-corrected chi connectivity index (χ1v) is 18.5. The quantitative estimate of drug-likeness (QED) is 0.0627. The van der Waals surface area contributed by atoms with Gasteiger partial charge in [-0.25, -0.2) is 24.0 Å². The minimum Gasteiger partial charge on any atom is -0.504 e. The largest absolute Gasteiger partial charge is 0.504 e. The second kappa shape index (κ2) is 16.8. The van der Waals surface area contributed by atoms with Crippen LogP contribution in [0.3, 0.4) is 0 Å². The number of rotatable bonds is 7. The van der Waals surface area contributed by atoms with Crippen LogP contribution in [-0.4, -0.2) is 144 Å². The van der Waals surface area contributed by atoms with Gasteiger partial charge in [-0.1, -0.05) is 0 Å². The first kappa shape index (κ1) is 45.4. The van der Waals surface area contributed by atoms with E-state index < -0.39 is 192 Å². The third-order valence-corrected chi connectivity index (χ3v) is 10.0. The van der Waals surface area contributed by atoms with Crippen molar-refractivity contribution in [3.05, 3.63) is 76.3 Å². The molecule has 0 spiro atoms. The van der Waals surface area contributed by atoms with Gasteiger partial charge in [0.25, 0.3) is 0 Å². The minimum atomic E-state index is -2.54. The van der Waals surface area contributed by atoms with Gasteiger partial charge in [0.15, 0.2) is 87.0 Å². The Labute approximate surface area is 369 Å². The molecule has 0 unspecified atom stereocenters. The van der Waals surface area contributed by atoms with Gasteiger partial charge in [0, 0.05) is 11.1 Å². The van der Waals surface area contributed by atoms with Crippen LogP contribution < -0.4 is 0 Å². The monoisotopic (exact) mass is 938 g/mol. The zero-order valence-electron chi connectivity index (χ0n) is 32.9. The van der Waals surface area contributed by atoms with E-state index in [-0.39, 0.29) is 0 Å². The summed E-state index contributed by atoms with van der Waals surface area (Å²) < 4.78 is 33.4. The summed E-state index contributed by atoms with van der Waals surface area (Å²) in [5, 5.41) is 154. The molecule has 350 valence electrons. The van der Waals surface area contributed by atoms with Crippen LogP contribution in [0.4, 0.5) is 0 Å². The van der Waals surface area contributed by atoms with Crippen molar-refractivity contribution < 1.29 is 129 Å². The van der Waals surface area contributed by atoms with Crippen LogP contribution >= 0.6 is 0 Å². The molecule has 67 heavy (non-hydrogen) atoms. The lowest BCUT2D eigenvalue weighted by molar-refractivity contribution is -0.282. The highest BCUT2D eigenvalue weighted by molar-refractivity contribution is 6.08. The Balaban J connectivity index is 1.42. The lowest BCUT2D eigenvalue weighted by Crippen LogP contribution is -2.63. The summed E-state index contributed by atoms with van der Waals surface area (Å²) >= 11 is 0. The molecule has 5 aromatic rings. The molecule has 0 bridgehead atoms. The van der Waals surface area contributed by atoms with E-state index in [1.807, 2.05) is 0 Å². The topological polar surface area (TPSA) is 444 Å². The maximum Gasteiger partial charge on any atom is 0.340 e. The number of fused-ring (bicyclic) bond motifs is 4. The van der Waals surface area contributed by atoms with Crippen molar-refractivity contribution in [2.45, 2.75) is 30.7 Å². The summed E-state index contributed by atoms with van der Waals surface area (Å²) in [5.41, 5.74) is -6.56. The molecule has 2 aliphatic rings. The first-order valence-electron chi connectivity index (χ1n) is 18.5. The van der Waals surface area contributed by atoms with Gasteiger partial charge in [-0.05, 0) is 48.5 Å². The number of esters is 5. The third kappa shape index (κ3) is 8.12. The molecule has 15 N–H and O–H groups in total. The second-order valence-corrected chi connectivity index (χ2v) is 14.3. The molecule has 5 aromatic carbocycles. The number of hydrogen-bond acceptors (Lipinski definition) is 26. The minimum absolute atomic E-state index is 0.410. The maximum absolute atomic E-state index is 14.4. The molecular weight excluding hydrogens is 908 g/mol. The van der Waals surface area contributed by atoms with E-state index >= 15 is 0 Å². The molecule has 7 rings (SSSR count). The van der Waals surface area contributed by atoms with Crippen molar-refractivity contribution in [1.82, 2.24) is 0 Å². The highest BCUT2D eigenvalue weighted by Gasteiger charge is 2.55. The molecule has 0 aliphatic carbocycles. The van der Waals surface area contributed by atoms with Crippen molar-refractivity contribution >= 4 is 29.8 Å². The van der Waals surface area contributed by atoms with E-state index in [4.69, 9.17) is 28.4 Å². The Morgan fingerprint density at radius 1 is 0.433 bits per heavy atom. The molecule has 2 heterocycles. The summed E-state index contributed by atoms with van der Waals surface area (Å²) in [7, 11) is 0. The lowest BCUT2D eigenvalue weighted by Gasteiger charge is -2.44. The zero-order chi connectivity index (χ0) is 49.1. The Bertz CT molecular complexity index is 2870. The molecule has 26 heteroatoms. The maximum atomic E-state index is 14.4. The fourth-order valence-corrected chi connectivity index (χ4v) is 6.77. The molecule has 0 saturated carbocycles. The summed E-state index contributed by atoms with van der Waals surface area (Å²) in [6.07, 6.45) is -12.1. The van der Waals surface area contributed by atoms with Crippen LogP contribution in [0.2, 0.25) is 0 Å². The number of carbonyl (C=O) groups excluding carboxylic acids is 5. The summed E-state index contributed by atoms with van der Waals surface area (Å²) in [5.74, 6) is -26.1. The Morgan fingerprint density at radius 2 is 0.776 bits per heavy atom. The average molecular weight is 939 g/mol. The second-order valence-electron chi connectivity index (χ2n) is 14.3. The Kier molecular flexibility index (Phi) is 11.4. The van der Waals surface area contributed by atoms with E-state index in [2.05, 4.69) is 0 Å². The molecule has 26 nitrogen and oxygen atoms in total. The van der Waals surface area contributed by atoms with Crippen LogP contribution in [0.5, 0.6) is 86.2 Å². The van der Waals surface area contributed by atoms with Crippen LogP contribution in [0.1, 0.15) is 51.8 Å². The number of hydrogen-bond donors (Lipinski definition) is 15. The van der Waals surface area contributed by atoms with E-state index in [0.717, 1.165) is 0 Å². The van der Waals surface area contributed by atoms with Crippen molar-refractivity contribution in [1.29, 1.82) is 0 Å².